The van der Waals surface area contributed by atoms with Crippen molar-refractivity contribution in [1.82, 2.24) is 30.8 Å². The first kappa shape index (κ1) is 9.57. The normalized spacial score (nSPS) is 9.14. The van der Waals surface area contributed by atoms with Crippen LogP contribution in [0.25, 0.3) is 0 Å². The van der Waals surface area contributed by atoms with Gasteiger partial charge in [0.25, 0.3) is 0 Å². The number of aromatic nitrogens is 8. The van der Waals surface area contributed by atoms with Crippen molar-refractivity contribution in [2.45, 2.75) is 0 Å². The van der Waals surface area contributed by atoms with Crippen LogP contribution in [-0.4, -0.2) is 30.8 Å². The van der Waals surface area contributed by atoms with Gasteiger partial charge in [-0.3, -0.25) is 0 Å². The fourth-order valence-corrected chi connectivity index (χ4v) is 0.498. The Hall–Kier alpha value is -2.52. The van der Waals surface area contributed by atoms with Crippen LogP contribution in [0.1, 0.15) is 0 Å². The Balaban J connectivity index is 3.76. The van der Waals surface area contributed by atoms with Crippen molar-refractivity contribution >= 4 is 0 Å². The standard InChI is InChI=1S/C4H4N8O2/c1-11-7-3(13)5-6-4(14)8-12(2)10-9-11/h1-2H2/p+2. The second-order valence-corrected chi connectivity index (χ2v) is 2.01. The van der Waals surface area contributed by atoms with Gasteiger partial charge in [-0.2, -0.15) is 0 Å². The number of hydrogen-bond acceptors (Lipinski definition) is 6. The monoisotopic (exact) mass is 198 g/mol. The molecule has 0 fully saturated rings. The SMILES string of the molecule is C=[n+]1nn[n+](=C)[nH]c(=O)nnc(=O)[nH]1. The third kappa shape index (κ3) is 2.84. The Morgan fingerprint density at radius 2 is 1.29 bits per heavy atom. The lowest BCUT2D eigenvalue weighted by Gasteiger charge is -1.66. The highest BCUT2D eigenvalue weighted by atomic mass is 16.2. The van der Waals surface area contributed by atoms with Crippen LogP contribution in [0.15, 0.2) is 9.59 Å². The molecule has 1 rings (SSSR count). The molecule has 0 amide bonds. The van der Waals surface area contributed by atoms with Gasteiger partial charge < -0.3 is 0 Å². The molecular formula is C4H6N8O2+2. The van der Waals surface area contributed by atoms with Crippen molar-refractivity contribution in [3.63, 3.8) is 0 Å². The highest BCUT2D eigenvalue weighted by molar-refractivity contribution is 4.38. The summed E-state index contributed by atoms with van der Waals surface area (Å²) in [5, 5.41) is 16.6. The summed E-state index contributed by atoms with van der Waals surface area (Å²) in [6.45, 7) is 6.49. The average molecular weight is 198 g/mol. The lowest BCUT2D eigenvalue weighted by atomic mass is 11.3. The molecule has 14 heavy (non-hydrogen) atoms. The molecule has 1 aromatic heterocycles. The van der Waals surface area contributed by atoms with E-state index in [-0.39, 0.29) is 0 Å². The molecule has 0 aliphatic carbocycles. The number of hydrogen-bond donors (Lipinski definition) is 2. The third-order valence-corrected chi connectivity index (χ3v) is 0.937. The van der Waals surface area contributed by atoms with Crippen LogP contribution in [0.2, 0.25) is 0 Å². The van der Waals surface area contributed by atoms with Crippen molar-refractivity contribution in [1.29, 1.82) is 0 Å². The predicted octanol–water partition coefficient (Wildman–Crippen LogP) is -4.38. The second-order valence-electron chi connectivity index (χ2n) is 2.01. The van der Waals surface area contributed by atoms with Crippen LogP contribution in [0.4, 0.5) is 0 Å². The summed E-state index contributed by atoms with van der Waals surface area (Å²) in [6.07, 6.45) is 0. The van der Waals surface area contributed by atoms with Gasteiger partial charge >= 0.3 is 21.8 Å². The first-order valence-electron chi connectivity index (χ1n) is 3.24. The van der Waals surface area contributed by atoms with Crippen LogP contribution in [0.5, 0.6) is 0 Å². The zero-order valence-corrected chi connectivity index (χ0v) is 6.91. The van der Waals surface area contributed by atoms with Crippen molar-refractivity contribution in [2.75, 3.05) is 0 Å². The van der Waals surface area contributed by atoms with E-state index in [0.717, 1.165) is 8.94 Å². The Kier molecular flexibility index (Phi) is 2.69. The number of nitrogens with one attached hydrogen (secondary N) is 2. The van der Waals surface area contributed by atoms with Crippen molar-refractivity contribution in [3.8, 4) is 0 Å². The van der Waals surface area contributed by atoms with Crippen molar-refractivity contribution < 1.29 is 8.94 Å². The van der Waals surface area contributed by atoms with Gasteiger partial charge in [-0.25, -0.2) is 9.59 Å². The molecule has 0 aliphatic heterocycles. The van der Waals surface area contributed by atoms with Gasteiger partial charge in [-0.1, -0.05) is 10.2 Å². The van der Waals surface area contributed by atoms with Crippen LogP contribution in [0, 0.1) is 13.4 Å². The van der Waals surface area contributed by atoms with Gasteiger partial charge in [-0.15, -0.1) is 10.2 Å². The van der Waals surface area contributed by atoms with E-state index in [0.29, 0.717) is 0 Å². The lowest BCUT2D eigenvalue weighted by molar-refractivity contribution is -0.694. The predicted molar refractivity (Wildman–Crippen MR) is 38.4 cm³/mol. The molecular weight excluding hydrogens is 192 g/mol. The van der Waals surface area contributed by atoms with E-state index in [1.807, 2.05) is 10.2 Å². The Morgan fingerprint density at radius 3 is 1.64 bits per heavy atom. The van der Waals surface area contributed by atoms with E-state index in [1.165, 1.54) is 0 Å². The molecule has 10 heteroatoms. The van der Waals surface area contributed by atoms with Crippen molar-refractivity contribution in [3.05, 3.63) is 34.4 Å². The maximum Gasteiger partial charge on any atom is 0.415 e. The molecule has 72 valence electrons. The first-order chi connectivity index (χ1) is 6.58. The van der Waals surface area contributed by atoms with Gasteiger partial charge in [0.05, 0.1) is 8.94 Å². The molecule has 0 saturated carbocycles. The van der Waals surface area contributed by atoms with Crippen LogP contribution in [-0.2, 0) is 0 Å². The Bertz CT molecular complexity index is 482. The van der Waals surface area contributed by atoms with Crippen LogP contribution < -0.4 is 20.3 Å². The zero-order chi connectivity index (χ0) is 10.6. The fourth-order valence-electron chi connectivity index (χ4n) is 0.498. The Morgan fingerprint density at radius 1 is 0.929 bits per heavy atom. The fraction of sp³-hybridized carbons (Fsp3) is 0. The summed E-state index contributed by atoms with van der Waals surface area (Å²) in [5.74, 6) is 0. The minimum absolute atomic E-state index is 0.733. The molecule has 0 aromatic carbocycles. The van der Waals surface area contributed by atoms with Gasteiger partial charge in [0.15, 0.2) is 0 Å². The molecule has 0 aliphatic rings. The smallest absolute Gasteiger partial charge is 0.241 e. The minimum atomic E-state index is -0.897. The largest absolute Gasteiger partial charge is 0.415 e. The van der Waals surface area contributed by atoms with E-state index >= 15 is 0 Å². The maximum atomic E-state index is 10.8. The minimum Gasteiger partial charge on any atom is -0.241 e. The van der Waals surface area contributed by atoms with E-state index in [2.05, 4.69) is 34.1 Å². The van der Waals surface area contributed by atoms with E-state index in [4.69, 9.17) is 0 Å². The summed E-state index contributed by atoms with van der Waals surface area (Å²) < 4.78 is 1.47. The summed E-state index contributed by atoms with van der Waals surface area (Å²) in [7, 11) is 0. The highest BCUT2D eigenvalue weighted by Gasteiger charge is 1.92. The third-order valence-electron chi connectivity index (χ3n) is 0.937. The summed E-state index contributed by atoms with van der Waals surface area (Å²) in [6, 6.07) is 0. The summed E-state index contributed by atoms with van der Waals surface area (Å²) in [4.78, 5) is 21.5. The molecule has 1 aromatic rings. The molecule has 0 atom stereocenters. The molecule has 0 bridgehead atoms. The molecule has 0 spiro atoms. The van der Waals surface area contributed by atoms with Gasteiger partial charge in [0.2, 0.25) is 0 Å². The van der Waals surface area contributed by atoms with Crippen molar-refractivity contribution in [2.24, 2.45) is 0 Å². The summed E-state index contributed by atoms with van der Waals surface area (Å²) in [5.41, 5.74) is -1.79. The average Bonchev–Trinajstić information content (AvgIpc) is 2.11. The van der Waals surface area contributed by atoms with Crippen LogP contribution in [0.3, 0.4) is 0 Å². The molecule has 10 nitrogen and oxygen atoms in total. The number of rotatable bonds is 0. The van der Waals surface area contributed by atoms with E-state index in [9.17, 15) is 9.59 Å². The van der Waals surface area contributed by atoms with Gasteiger partial charge in [0.1, 0.15) is 13.4 Å². The maximum absolute atomic E-state index is 10.8. The van der Waals surface area contributed by atoms with Gasteiger partial charge in [0, 0.05) is 0 Å². The zero-order valence-electron chi connectivity index (χ0n) is 6.91. The van der Waals surface area contributed by atoms with E-state index in [1.54, 1.807) is 0 Å². The first-order valence-corrected chi connectivity index (χ1v) is 3.24. The number of nitrogens with zero attached hydrogens (tertiary/aromatic N) is 6. The quantitative estimate of drug-likeness (QED) is 0.405. The van der Waals surface area contributed by atoms with Crippen LogP contribution >= 0.6 is 0 Å². The Labute approximate surface area is 75.2 Å². The molecule has 0 saturated heterocycles. The highest BCUT2D eigenvalue weighted by Crippen LogP contribution is 1.26. The number of aromatic amines is 2. The van der Waals surface area contributed by atoms with E-state index < -0.39 is 11.4 Å². The molecule has 1 heterocycles. The lowest BCUT2D eigenvalue weighted by Crippen LogP contribution is -2.38. The molecule has 2 N–H and O–H groups in total. The molecule has 0 unspecified atom stereocenters. The summed E-state index contributed by atoms with van der Waals surface area (Å²) >= 11 is 0. The van der Waals surface area contributed by atoms with Gasteiger partial charge in [-0.05, 0) is 0 Å². The second kappa shape index (κ2) is 3.93. The number of H-pyrrole nitrogens is 2. The molecule has 0 radical (unpaired) electrons. The topological polar surface area (TPSA) is 129 Å².